The second-order valence-corrected chi connectivity index (χ2v) is 7.17. The first-order valence-corrected chi connectivity index (χ1v) is 9.65. The van der Waals surface area contributed by atoms with Crippen molar-refractivity contribution < 1.29 is 14.3 Å². The van der Waals surface area contributed by atoms with Gasteiger partial charge in [0.1, 0.15) is 0 Å². The first kappa shape index (κ1) is 19.6. The van der Waals surface area contributed by atoms with E-state index in [9.17, 15) is 4.79 Å². The molecule has 1 amide bonds. The van der Waals surface area contributed by atoms with Gasteiger partial charge in [0, 0.05) is 12.1 Å². The van der Waals surface area contributed by atoms with Crippen LogP contribution in [0.1, 0.15) is 51.5 Å². The molecule has 0 radical (unpaired) electrons. The molecule has 1 saturated carbocycles. The van der Waals surface area contributed by atoms with Crippen molar-refractivity contribution in [3.8, 4) is 17.6 Å². The molecule has 0 spiro atoms. The molecule has 136 valence electrons. The summed E-state index contributed by atoms with van der Waals surface area (Å²) in [6.07, 6.45) is 5.65. The van der Waals surface area contributed by atoms with Crippen LogP contribution in [0.3, 0.4) is 0 Å². The maximum absolute atomic E-state index is 12.2. The highest BCUT2D eigenvalue weighted by atomic mass is 79.9. The summed E-state index contributed by atoms with van der Waals surface area (Å²) in [6, 6.07) is 5.59. The molecule has 1 aliphatic rings. The van der Waals surface area contributed by atoms with Gasteiger partial charge in [-0.15, -0.1) is 0 Å². The molecule has 0 atom stereocenters. The number of ether oxygens (including phenoxy) is 2. The Morgan fingerprint density at radius 1 is 1.28 bits per heavy atom. The van der Waals surface area contributed by atoms with Crippen LogP contribution in [0, 0.1) is 17.2 Å². The molecule has 1 fully saturated rings. The van der Waals surface area contributed by atoms with Crippen LogP contribution in [-0.2, 0) is 4.79 Å². The Morgan fingerprint density at radius 2 is 2.00 bits per heavy atom. The van der Waals surface area contributed by atoms with Gasteiger partial charge in [-0.1, -0.05) is 13.3 Å². The van der Waals surface area contributed by atoms with Crippen LogP contribution in [0.25, 0.3) is 0 Å². The van der Waals surface area contributed by atoms with Crippen LogP contribution in [0.4, 0.5) is 0 Å². The number of benzene rings is 1. The van der Waals surface area contributed by atoms with E-state index in [1.54, 1.807) is 12.1 Å². The van der Waals surface area contributed by atoms with Crippen molar-refractivity contribution >= 4 is 21.8 Å². The zero-order chi connectivity index (χ0) is 18.2. The van der Waals surface area contributed by atoms with Crippen LogP contribution in [0.15, 0.2) is 16.6 Å². The fourth-order valence-corrected chi connectivity index (χ4v) is 3.71. The van der Waals surface area contributed by atoms with Gasteiger partial charge in [-0.05, 0) is 60.5 Å². The van der Waals surface area contributed by atoms with Crippen molar-refractivity contribution in [3.05, 3.63) is 22.2 Å². The minimum atomic E-state index is -0.126. The quantitative estimate of drug-likeness (QED) is 0.733. The zero-order valence-electron chi connectivity index (χ0n) is 14.8. The Bertz CT molecular complexity index is 634. The number of hydrogen-bond acceptors (Lipinski definition) is 4. The molecule has 0 aromatic heterocycles. The van der Waals surface area contributed by atoms with Crippen molar-refractivity contribution in [2.24, 2.45) is 5.92 Å². The molecule has 0 unspecified atom stereocenters. The van der Waals surface area contributed by atoms with E-state index in [1.165, 1.54) is 19.3 Å². The van der Waals surface area contributed by atoms with Gasteiger partial charge in [0.25, 0.3) is 5.91 Å². The molecule has 25 heavy (non-hydrogen) atoms. The SMILES string of the molecule is CCOc1cc(C#N)cc(Br)c1OCC(=O)NC1CCC(CC)CC1. The van der Waals surface area contributed by atoms with Gasteiger partial charge in [0.2, 0.25) is 0 Å². The number of nitrogens with one attached hydrogen (secondary N) is 1. The van der Waals surface area contributed by atoms with Gasteiger partial charge in [0.15, 0.2) is 18.1 Å². The molecule has 5 nitrogen and oxygen atoms in total. The Morgan fingerprint density at radius 3 is 2.60 bits per heavy atom. The van der Waals surface area contributed by atoms with Crippen molar-refractivity contribution in [1.82, 2.24) is 5.32 Å². The second-order valence-electron chi connectivity index (χ2n) is 6.31. The zero-order valence-corrected chi connectivity index (χ0v) is 16.4. The maximum Gasteiger partial charge on any atom is 0.258 e. The number of hydrogen-bond donors (Lipinski definition) is 1. The fourth-order valence-electron chi connectivity index (χ4n) is 3.16. The Kier molecular flexibility index (Phi) is 7.57. The first-order chi connectivity index (χ1) is 12.1. The van der Waals surface area contributed by atoms with Crippen LogP contribution in [0.2, 0.25) is 0 Å². The number of halogens is 1. The van der Waals surface area contributed by atoms with Crippen molar-refractivity contribution in [1.29, 1.82) is 5.26 Å². The molecule has 0 heterocycles. The fraction of sp³-hybridized carbons (Fsp3) is 0.579. The maximum atomic E-state index is 12.2. The van der Waals surface area contributed by atoms with Gasteiger partial charge < -0.3 is 14.8 Å². The summed E-state index contributed by atoms with van der Waals surface area (Å²) in [4.78, 5) is 12.2. The molecule has 0 saturated heterocycles. The Labute approximate surface area is 157 Å². The molecule has 1 aromatic carbocycles. The average Bonchev–Trinajstić information content (AvgIpc) is 2.61. The lowest BCUT2D eigenvalue weighted by atomic mass is 9.84. The average molecular weight is 409 g/mol. The van der Waals surface area contributed by atoms with Gasteiger partial charge in [-0.2, -0.15) is 5.26 Å². The third-order valence-corrected chi connectivity index (χ3v) is 5.16. The summed E-state index contributed by atoms with van der Waals surface area (Å²) in [5.41, 5.74) is 0.472. The molecular weight excluding hydrogens is 384 g/mol. The van der Waals surface area contributed by atoms with Crippen LogP contribution in [-0.4, -0.2) is 25.2 Å². The van der Waals surface area contributed by atoms with Crippen LogP contribution in [0.5, 0.6) is 11.5 Å². The lowest BCUT2D eigenvalue weighted by molar-refractivity contribution is -0.124. The van der Waals surface area contributed by atoms with E-state index in [-0.39, 0.29) is 18.6 Å². The number of nitriles is 1. The normalized spacial score (nSPS) is 19.8. The van der Waals surface area contributed by atoms with Crippen molar-refractivity contribution in [3.63, 3.8) is 0 Å². The molecule has 1 N–H and O–H groups in total. The van der Waals surface area contributed by atoms with E-state index in [2.05, 4.69) is 34.2 Å². The summed E-state index contributed by atoms with van der Waals surface area (Å²) in [5.74, 6) is 1.58. The largest absolute Gasteiger partial charge is 0.490 e. The second kappa shape index (κ2) is 9.67. The van der Waals surface area contributed by atoms with E-state index in [4.69, 9.17) is 14.7 Å². The lowest BCUT2D eigenvalue weighted by Crippen LogP contribution is -2.40. The number of carbonyl (C=O) groups is 1. The monoisotopic (exact) mass is 408 g/mol. The summed E-state index contributed by atoms with van der Waals surface area (Å²) in [6.45, 7) is 4.46. The molecule has 6 heteroatoms. The summed E-state index contributed by atoms with van der Waals surface area (Å²) >= 11 is 3.38. The Hall–Kier alpha value is -1.74. The van der Waals surface area contributed by atoms with E-state index in [0.29, 0.717) is 28.1 Å². The molecular formula is C19H25BrN2O3. The summed E-state index contributed by atoms with van der Waals surface area (Å²) in [7, 11) is 0. The number of carbonyl (C=O) groups excluding carboxylic acids is 1. The van der Waals surface area contributed by atoms with Crippen molar-refractivity contribution in [2.45, 2.75) is 52.0 Å². The predicted octanol–water partition coefficient (Wildman–Crippen LogP) is 4.18. The minimum Gasteiger partial charge on any atom is -0.490 e. The van der Waals surface area contributed by atoms with Crippen molar-refractivity contribution in [2.75, 3.05) is 13.2 Å². The van der Waals surface area contributed by atoms with E-state index >= 15 is 0 Å². The van der Waals surface area contributed by atoms with Gasteiger partial charge >= 0.3 is 0 Å². The van der Waals surface area contributed by atoms with E-state index in [1.807, 2.05) is 6.92 Å². The third-order valence-electron chi connectivity index (χ3n) is 4.58. The number of amides is 1. The highest BCUT2D eigenvalue weighted by Gasteiger charge is 2.22. The first-order valence-electron chi connectivity index (χ1n) is 8.85. The number of nitrogens with zero attached hydrogens (tertiary/aromatic N) is 1. The molecule has 0 bridgehead atoms. The lowest BCUT2D eigenvalue weighted by Gasteiger charge is -2.28. The number of rotatable bonds is 7. The van der Waals surface area contributed by atoms with E-state index in [0.717, 1.165) is 18.8 Å². The van der Waals surface area contributed by atoms with Crippen LogP contribution < -0.4 is 14.8 Å². The molecule has 2 rings (SSSR count). The topological polar surface area (TPSA) is 71.3 Å². The summed E-state index contributed by atoms with van der Waals surface area (Å²) in [5, 5.41) is 12.1. The van der Waals surface area contributed by atoms with Gasteiger partial charge in [-0.3, -0.25) is 4.79 Å². The van der Waals surface area contributed by atoms with E-state index < -0.39 is 0 Å². The molecule has 1 aliphatic carbocycles. The van der Waals surface area contributed by atoms with Gasteiger partial charge in [-0.25, -0.2) is 0 Å². The standard InChI is InChI=1S/C19H25BrN2O3/c1-3-13-5-7-15(8-6-13)22-18(23)12-25-19-16(20)9-14(11-21)10-17(19)24-4-2/h9-10,13,15H,3-8,12H2,1-2H3,(H,22,23). The van der Waals surface area contributed by atoms with Gasteiger partial charge in [0.05, 0.1) is 22.7 Å². The molecule has 1 aromatic rings. The predicted molar refractivity (Wildman–Crippen MR) is 99.7 cm³/mol. The summed E-state index contributed by atoms with van der Waals surface area (Å²) < 4.78 is 11.8. The molecule has 0 aliphatic heterocycles. The highest BCUT2D eigenvalue weighted by molar-refractivity contribution is 9.10. The van der Waals surface area contributed by atoms with Crippen LogP contribution >= 0.6 is 15.9 Å². The Balaban J connectivity index is 1.92. The highest BCUT2D eigenvalue weighted by Crippen LogP contribution is 2.36. The minimum absolute atomic E-state index is 0.0711. The third kappa shape index (κ3) is 5.64. The smallest absolute Gasteiger partial charge is 0.258 e.